The monoisotopic (exact) mass is 488 g/mol. The van der Waals surface area contributed by atoms with E-state index in [9.17, 15) is 26.4 Å². The molecule has 3 aromatic rings. The Morgan fingerprint density at radius 1 is 1.09 bits per heavy atom. The molecular formula is C20H16ClF3N2O5S. The molecule has 2 aromatic carbocycles. The number of morpholine rings is 1. The molecule has 32 heavy (non-hydrogen) atoms. The third kappa shape index (κ3) is 4.27. The maximum Gasteiger partial charge on any atom is 0.417 e. The number of hydrogen-bond donors (Lipinski definition) is 1. The normalized spacial score (nSPS) is 15.2. The molecule has 1 aliphatic heterocycles. The largest absolute Gasteiger partial charge is 0.449 e. The first-order chi connectivity index (χ1) is 15.1. The highest BCUT2D eigenvalue weighted by Gasteiger charge is 2.35. The number of halogens is 4. The molecule has 2 heterocycles. The Labute approximate surface area is 185 Å². The summed E-state index contributed by atoms with van der Waals surface area (Å²) in [5, 5.41) is -0.342. The van der Waals surface area contributed by atoms with Crippen molar-refractivity contribution in [3.63, 3.8) is 0 Å². The van der Waals surface area contributed by atoms with E-state index in [1.54, 1.807) is 18.2 Å². The summed E-state index contributed by atoms with van der Waals surface area (Å²) in [7, 11) is -4.53. The molecule has 0 spiro atoms. The number of hydrogen-bond acceptors (Lipinski definition) is 5. The van der Waals surface area contributed by atoms with E-state index in [-0.39, 0.29) is 35.5 Å². The van der Waals surface area contributed by atoms with Gasteiger partial charge in [-0.3, -0.25) is 9.52 Å². The molecule has 1 saturated heterocycles. The van der Waals surface area contributed by atoms with Gasteiger partial charge in [0.1, 0.15) is 11.3 Å². The van der Waals surface area contributed by atoms with Gasteiger partial charge in [-0.15, -0.1) is 0 Å². The maximum absolute atomic E-state index is 13.2. The zero-order valence-corrected chi connectivity index (χ0v) is 17.9. The van der Waals surface area contributed by atoms with E-state index in [4.69, 9.17) is 20.8 Å². The number of benzene rings is 2. The summed E-state index contributed by atoms with van der Waals surface area (Å²) < 4.78 is 78.7. The second-order valence-electron chi connectivity index (χ2n) is 6.95. The lowest BCUT2D eigenvalue weighted by Crippen LogP contribution is -2.40. The van der Waals surface area contributed by atoms with Crippen molar-refractivity contribution in [2.75, 3.05) is 31.0 Å². The number of nitrogens with zero attached hydrogens (tertiary/aromatic N) is 1. The van der Waals surface area contributed by atoms with Crippen molar-refractivity contribution in [2.24, 2.45) is 0 Å². The zero-order chi connectivity index (χ0) is 23.1. The number of alkyl halides is 3. The second kappa shape index (κ2) is 8.30. The fourth-order valence-corrected chi connectivity index (χ4v) is 4.62. The van der Waals surface area contributed by atoms with Crippen LogP contribution in [-0.4, -0.2) is 45.5 Å². The molecule has 0 bridgehead atoms. The van der Waals surface area contributed by atoms with E-state index >= 15 is 0 Å². The van der Waals surface area contributed by atoms with Crippen LogP contribution in [0.1, 0.15) is 16.1 Å². The summed E-state index contributed by atoms with van der Waals surface area (Å²) in [6.45, 7) is 1.21. The molecule has 1 N–H and O–H groups in total. The van der Waals surface area contributed by atoms with Gasteiger partial charge in [-0.2, -0.15) is 13.2 Å². The van der Waals surface area contributed by atoms with Crippen LogP contribution in [0.3, 0.4) is 0 Å². The summed E-state index contributed by atoms with van der Waals surface area (Å²) in [4.78, 5) is 13.8. The third-order valence-corrected chi connectivity index (χ3v) is 6.55. The standard InChI is InChI=1S/C20H16ClF3N2O5S/c21-15-6-5-12(11-14(15)20(22,23)24)32(28,29)25-17-13-3-1-2-4-16(13)31-18(17)19(27)26-7-9-30-10-8-26/h1-6,11,25H,7-10H2. The third-order valence-electron chi connectivity index (χ3n) is 4.88. The van der Waals surface area contributed by atoms with Crippen molar-refractivity contribution < 1.29 is 35.5 Å². The number of para-hydroxylation sites is 1. The SMILES string of the molecule is O=C(c1oc2ccccc2c1NS(=O)(=O)c1ccc(Cl)c(C(F)(F)F)c1)N1CCOCC1. The molecule has 1 fully saturated rings. The van der Waals surface area contributed by atoms with Crippen LogP contribution in [0.2, 0.25) is 5.02 Å². The highest BCUT2D eigenvalue weighted by molar-refractivity contribution is 7.92. The fourth-order valence-electron chi connectivity index (χ4n) is 3.29. The van der Waals surface area contributed by atoms with Gasteiger partial charge >= 0.3 is 6.18 Å². The topological polar surface area (TPSA) is 88.8 Å². The number of ether oxygens (including phenoxy) is 1. The Morgan fingerprint density at radius 3 is 2.47 bits per heavy atom. The molecule has 170 valence electrons. The number of carbonyl (C=O) groups excluding carboxylic acids is 1. The van der Waals surface area contributed by atoms with Crippen LogP contribution in [0.25, 0.3) is 11.0 Å². The van der Waals surface area contributed by atoms with E-state index in [2.05, 4.69) is 4.72 Å². The summed E-state index contributed by atoms with van der Waals surface area (Å²) in [6.07, 6.45) is -4.84. The number of furan rings is 1. The van der Waals surface area contributed by atoms with Crippen molar-refractivity contribution in [1.82, 2.24) is 4.90 Å². The van der Waals surface area contributed by atoms with Crippen molar-refractivity contribution in [3.8, 4) is 0 Å². The minimum Gasteiger partial charge on any atom is -0.449 e. The Kier molecular flexibility index (Phi) is 5.82. The smallest absolute Gasteiger partial charge is 0.417 e. The highest BCUT2D eigenvalue weighted by Crippen LogP contribution is 2.37. The van der Waals surface area contributed by atoms with E-state index < -0.39 is 37.6 Å². The fraction of sp³-hybridized carbons (Fsp3) is 0.250. The van der Waals surface area contributed by atoms with Gasteiger partial charge in [-0.05, 0) is 30.3 Å². The summed E-state index contributed by atoms with van der Waals surface area (Å²) in [6, 6.07) is 8.59. The zero-order valence-electron chi connectivity index (χ0n) is 16.3. The van der Waals surface area contributed by atoms with Gasteiger partial charge in [-0.25, -0.2) is 8.42 Å². The maximum atomic E-state index is 13.2. The number of nitrogens with one attached hydrogen (secondary N) is 1. The molecule has 1 aliphatic rings. The van der Waals surface area contributed by atoms with Crippen LogP contribution in [0.15, 0.2) is 51.8 Å². The molecule has 0 aliphatic carbocycles. The number of fused-ring (bicyclic) bond motifs is 1. The average molecular weight is 489 g/mol. The number of anilines is 1. The molecule has 0 unspecified atom stereocenters. The molecule has 1 amide bonds. The van der Waals surface area contributed by atoms with Crippen molar-refractivity contribution in [3.05, 3.63) is 58.8 Å². The second-order valence-corrected chi connectivity index (χ2v) is 9.04. The van der Waals surface area contributed by atoms with Gasteiger partial charge in [0.15, 0.2) is 0 Å². The Balaban J connectivity index is 1.78. The minimum atomic E-state index is -4.84. The molecule has 0 saturated carbocycles. The molecule has 4 rings (SSSR count). The van der Waals surface area contributed by atoms with Crippen LogP contribution in [0.5, 0.6) is 0 Å². The predicted molar refractivity (Wildman–Crippen MR) is 110 cm³/mol. The van der Waals surface area contributed by atoms with Gasteiger partial charge < -0.3 is 14.1 Å². The number of rotatable bonds is 4. The van der Waals surface area contributed by atoms with Crippen LogP contribution < -0.4 is 4.72 Å². The van der Waals surface area contributed by atoms with Gasteiger partial charge in [0, 0.05) is 18.5 Å². The Hall–Kier alpha value is -2.76. The molecule has 0 atom stereocenters. The van der Waals surface area contributed by atoms with Crippen LogP contribution >= 0.6 is 11.6 Å². The lowest BCUT2D eigenvalue weighted by molar-refractivity contribution is -0.137. The van der Waals surface area contributed by atoms with E-state index in [1.807, 2.05) is 0 Å². The average Bonchev–Trinajstić information content (AvgIpc) is 3.11. The first-order valence-electron chi connectivity index (χ1n) is 9.36. The number of amides is 1. The van der Waals surface area contributed by atoms with Crippen LogP contribution in [-0.2, 0) is 20.9 Å². The van der Waals surface area contributed by atoms with Crippen molar-refractivity contribution in [1.29, 1.82) is 0 Å². The Morgan fingerprint density at radius 2 is 1.78 bits per heavy atom. The lowest BCUT2D eigenvalue weighted by atomic mass is 10.2. The van der Waals surface area contributed by atoms with Crippen molar-refractivity contribution in [2.45, 2.75) is 11.1 Å². The molecule has 12 heteroatoms. The van der Waals surface area contributed by atoms with E-state index in [0.717, 1.165) is 12.1 Å². The number of sulfonamides is 1. The lowest BCUT2D eigenvalue weighted by Gasteiger charge is -2.26. The van der Waals surface area contributed by atoms with E-state index in [1.165, 1.54) is 11.0 Å². The first kappa shape index (κ1) is 22.4. The summed E-state index contributed by atoms with van der Waals surface area (Å²) in [5.74, 6) is -0.823. The van der Waals surface area contributed by atoms with Gasteiger partial charge in [0.2, 0.25) is 5.76 Å². The van der Waals surface area contributed by atoms with Gasteiger partial charge in [-0.1, -0.05) is 23.7 Å². The molecule has 0 radical (unpaired) electrons. The highest BCUT2D eigenvalue weighted by atomic mass is 35.5. The van der Waals surface area contributed by atoms with Gasteiger partial charge in [0.25, 0.3) is 15.9 Å². The van der Waals surface area contributed by atoms with Crippen LogP contribution in [0.4, 0.5) is 18.9 Å². The quantitative estimate of drug-likeness (QED) is 0.589. The molecular weight excluding hydrogens is 473 g/mol. The predicted octanol–water partition coefficient (Wildman–Crippen LogP) is 4.38. The molecule has 1 aromatic heterocycles. The Bertz CT molecular complexity index is 1280. The molecule has 7 nitrogen and oxygen atoms in total. The number of carbonyl (C=O) groups is 1. The van der Waals surface area contributed by atoms with Crippen molar-refractivity contribution >= 4 is 44.2 Å². The first-order valence-corrected chi connectivity index (χ1v) is 11.2. The summed E-state index contributed by atoms with van der Waals surface area (Å²) >= 11 is 5.59. The summed E-state index contributed by atoms with van der Waals surface area (Å²) in [5.41, 5.74) is -1.20. The van der Waals surface area contributed by atoms with Crippen LogP contribution in [0, 0.1) is 0 Å². The van der Waals surface area contributed by atoms with Gasteiger partial charge in [0.05, 0.1) is 28.7 Å². The van der Waals surface area contributed by atoms with E-state index in [0.29, 0.717) is 19.3 Å². The minimum absolute atomic E-state index is 0.152.